The van der Waals surface area contributed by atoms with Crippen molar-refractivity contribution in [3.8, 4) is 0 Å². The number of hydrogen-bond acceptors (Lipinski definition) is 4. The van der Waals surface area contributed by atoms with Crippen LogP contribution in [0.2, 0.25) is 0 Å². The van der Waals surface area contributed by atoms with Crippen molar-refractivity contribution in [3.05, 3.63) is 0 Å². The summed E-state index contributed by atoms with van der Waals surface area (Å²) in [5.41, 5.74) is -1.65. The molecule has 2 N–H and O–H groups in total. The Morgan fingerprint density at radius 3 is 2.56 bits per heavy atom. The third kappa shape index (κ3) is 2.49. The highest BCUT2D eigenvalue weighted by atomic mass is 16.5. The normalized spacial score (nSPS) is 23.6. The lowest BCUT2D eigenvalue weighted by molar-refractivity contribution is -0.134. The third-order valence-corrected chi connectivity index (χ3v) is 3.54. The SMILES string of the molecule is CC(C)(O)CCN1C(=O)NC2(CCOCC2)C1=O. The molecule has 18 heavy (non-hydrogen) atoms. The van der Waals surface area contributed by atoms with Crippen molar-refractivity contribution in [2.75, 3.05) is 19.8 Å². The number of nitrogens with one attached hydrogen (secondary N) is 1. The Kier molecular flexibility index (Phi) is 3.33. The molecule has 2 saturated heterocycles. The number of hydrogen-bond donors (Lipinski definition) is 2. The molecule has 2 fully saturated rings. The van der Waals surface area contributed by atoms with Gasteiger partial charge in [-0.15, -0.1) is 0 Å². The van der Waals surface area contributed by atoms with E-state index in [-0.39, 0.29) is 18.5 Å². The van der Waals surface area contributed by atoms with Crippen LogP contribution in [-0.4, -0.2) is 52.8 Å². The summed E-state index contributed by atoms with van der Waals surface area (Å²) in [6, 6.07) is -0.355. The van der Waals surface area contributed by atoms with Crippen LogP contribution in [-0.2, 0) is 9.53 Å². The molecule has 0 aromatic rings. The summed E-state index contributed by atoms with van der Waals surface area (Å²) in [5.74, 6) is -0.181. The molecule has 0 aromatic carbocycles. The Morgan fingerprint density at radius 2 is 2.00 bits per heavy atom. The highest BCUT2D eigenvalue weighted by molar-refractivity contribution is 6.07. The first kappa shape index (κ1) is 13.3. The fourth-order valence-electron chi connectivity index (χ4n) is 2.32. The molecule has 0 radical (unpaired) electrons. The molecule has 102 valence electrons. The van der Waals surface area contributed by atoms with Crippen molar-refractivity contribution in [1.29, 1.82) is 0 Å². The summed E-state index contributed by atoms with van der Waals surface area (Å²) in [7, 11) is 0. The molecule has 0 saturated carbocycles. The van der Waals surface area contributed by atoms with E-state index in [0.29, 0.717) is 32.5 Å². The molecule has 2 aliphatic heterocycles. The van der Waals surface area contributed by atoms with Crippen LogP contribution in [0.3, 0.4) is 0 Å². The molecule has 3 amide bonds. The summed E-state index contributed by atoms with van der Waals surface area (Å²) >= 11 is 0. The standard InChI is InChI=1S/C12H20N2O4/c1-11(2,17)3-6-14-9(15)12(13-10(14)16)4-7-18-8-5-12/h17H,3-8H2,1-2H3,(H,13,16). The van der Waals surface area contributed by atoms with Crippen LogP contribution in [0, 0.1) is 0 Å². The minimum atomic E-state index is -0.883. The summed E-state index contributed by atoms with van der Waals surface area (Å²) < 4.78 is 5.23. The van der Waals surface area contributed by atoms with Crippen molar-refractivity contribution >= 4 is 11.9 Å². The number of aliphatic hydroxyl groups is 1. The van der Waals surface area contributed by atoms with E-state index in [1.54, 1.807) is 13.8 Å². The molecule has 1 spiro atoms. The van der Waals surface area contributed by atoms with Gasteiger partial charge in [-0.05, 0) is 20.3 Å². The number of urea groups is 1. The van der Waals surface area contributed by atoms with Crippen molar-refractivity contribution in [3.63, 3.8) is 0 Å². The molecule has 0 aromatic heterocycles. The number of carbonyl (C=O) groups excluding carboxylic acids is 2. The van der Waals surface area contributed by atoms with Gasteiger partial charge in [-0.1, -0.05) is 0 Å². The molecular weight excluding hydrogens is 236 g/mol. The van der Waals surface area contributed by atoms with E-state index in [1.807, 2.05) is 0 Å². The number of nitrogens with zero attached hydrogens (tertiary/aromatic N) is 1. The fraction of sp³-hybridized carbons (Fsp3) is 0.833. The van der Waals surface area contributed by atoms with E-state index >= 15 is 0 Å². The number of ether oxygens (including phenoxy) is 1. The van der Waals surface area contributed by atoms with Gasteiger partial charge in [-0.3, -0.25) is 9.69 Å². The lowest BCUT2D eigenvalue weighted by atomic mass is 9.90. The first-order chi connectivity index (χ1) is 8.34. The largest absolute Gasteiger partial charge is 0.390 e. The van der Waals surface area contributed by atoms with Crippen LogP contribution >= 0.6 is 0 Å². The highest BCUT2D eigenvalue weighted by Crippen LogP contribution is 2.28. The van der Waals surface area contributed by atoms with Crippen molar-refractivity contribution in [2.24, 2.45) is 0 Å². The molecule has 0 bridgehead atoms. The van der Waals surface area contributed by atoms with Gasteiger partial charge in [0, 0.05) is 32.6 Å². The maximum Gasteiger partial charge on any atom is 0.325 e. The lowest BCUT2D eigenvalue weighted by Gasteiger charge is -2.30. The van der Waals surface area contributed by atoms with Crippen molar-refractivity contribution in [2.45, 2.75) is 44.2 Å². The van der Waals surface area contributed by atoms with E-state index < -0.39 is 11.1 Å². The summed E-state index contributed by atoms with van der Waals surface area (Å²) in [6.45, 7) is 4.55. The van der Waals surface area contributed by atoms with Crippen molar-refractivity contribution < 1.29 is 19.4 Å². The smallest absolute Gasteiger partial charge is 0.325 e. The Hall–Kier alpha value is -1.14. The second-order valence-electron chi connectivity index (χ2n) is 5.64. The molecule has 0 aliphatic carbocycles. The second-order valence-corrected chi connectivity index (χ2v) is 5.64. The van der Waals surface area contributed by atoms with Crippen LogP contribution in [0.5, 0.6) is 0 Å². The van der Waals surface area contributed by atoms with Gasteiger partial charge in [0.1, 0.15) is 5.54 Å². The zero-order valence-electron chi connectivity index (χ0n) is 10.9. The van der Waals surface area contributed by atoms with Crippen LogP contribution < -0.4 is 5.32 Å². The van der Waals surface area contributed by atoms with Gasteiger partial charge in [0.05, 0.1) is 5.60 Å². The van der Waals surface area contributed by atoms with Crippen LogP contribution in [0.4, 0.5) is 4.79 Å². The van der Waals surface area contributed by atoms with E-state index in [2.05, 4.69) is 5.32 Å². The number of rotatable bonds is 3. The van der Waals surface area contributed by atoms with Gasteiger partial charge in [-0.2, -0.15) is 0 Å². The maximum atomic E-state index is 12.3. The predicted molar refractivity (Wildman–Crippen MR) is 63.9 cm³/mol. The molecule has 2 heterocycles. The Morgan fingerprint density at radius 1 is 1.39 bits per heavy atom. The zero-order valence-corrected chi connectivity index (χ0v) is 10.9. The minimum Gasteiger partial charge on any atom is -0.390 e. The van der Waals surface area contributed by atoms with E-state index in [4.69, 9.17) is 4.74 Å². The summed E-state index contributed by atoms with van der Waals surface area (Å²) in [5, 5.41) is 12.4. The minimum absolute atomic E-state index is 0.181. The van der Waals surface area contributed by atoms with Crippen LogP contribution in [0.25, 0.3) is 0 Å². The fourth-order valence-corrected chi connectivity index (χ4v) is 2.32. The third-order valence-electron chi connectivity index (χ3n) is 3.54. The molecule has 6 heteroatoms. The van der Waals surface area contributed by atoms with Gasteiger partial charge in [0.2, 0.25) is 0 Å². The quantitative estimate of drug-likeness (QED) is 0.709. The Bertz CT molecular complexity index is 356. The van der Waals surface area contributed by atoms with Crippen molar-refractivity contribution in [1.82, 2.24) is 10.2 Å². The first-order valence-corrected chi connectivity index (χ1v) is 6.28. The molecule has 0 unspecified atom stereocenters. The van der Waals surface area contributed by atoms with Gasteiger partial charge >= 0.3 is 6.03 Å². The van der Waals surface area contributed by atoms with E-state index in [1.165, 1.54) is 4.90 Å². The maximum absolute atomic E-state index is 12.3. The molecule has 2 aliphatic rings. The Labute approximate surface area is 106 Å². The Balaban J connectivity index is 2.05. The molecular formula is C12H20N2O4. The van der Waals surface area contributed by atoms with Gasteiger partial charge in [0.15, 0.2) is 0 Å². The average molecular weight is 256 g/mol. The highest BCUT2D eigenvalue weighted by Gasteiger charge is 2.51. The topological polar surface area (TPSA) is 78.9 Å². The second kappa shape index (κ2) is 4.51. The number of amides is 3. The zero-order chi connectivity index (χ0) is 13.4. The van der Waals surface area contributed by atoms with Gasteiger partial charge in [-0.25, -0.2) is 4.79 Å². The summed E-state index contributed by atoms with van der Waals surface area (Å²) in [4.78, 5) is 25.4. The van der Waals surface area contributed by atoms with E-state index in [0.717, 1.165) is 0 Å². The van der Waals surface area contributed by atoms with Crippen LogP contribution in [0.1, 0.15) is 33.1 Å². The molecule has 2 rings (SSSR count). The van der Waals surface area contributed by atoms with Gasteiger partial charge < -0.3 is 15.2 Å². The van der Waals surface area contributed by atoms with E-state index in [9.17, 15) is 14.7 Å². The molecule has 6 nitrogen and oxygen atoms in total. The number of imide groups is 1. The van der Waals surface area contributed by atoms with Gasteiger partial charge in [0.25, 0.3) is 5.91 Å². The monoisotopic (exact) mass is 256 g/mol. The first-order valence-electron chi connectivity index (χ1n) is 6.28. The lowest BCUT2D eigenvalue weighted by Crippen LogP contribution is -2.51. The average Bonchev–Trinajstić information content (AvgIpc) is 2.49. The molecule has 0 atom stereocenters. The summed E-state index contributed by atoms with van der Waals surface area (Å²) in [6.07, 6.45) is 1.42. The number of carbonyl (C=O) groups is 2. The van der Waals surface area contributed by atoms with Crippen LogP contribution in [0.15, 0.2) is 0 Å². The predicted octanol–water partition coefficient (Wildman–Crippen LogP) is 0.248.